The third-order valence-electron chi connectivity index (χ3n) is 6.00. The molecule has 3 aromatic heterocycles. The van der Waals surface area contributed by atoms with E-state index in [0.29, 0.717) is 16.6 Å². The Labute approximate surface area is 224 Å². The third kappa shape index (κ3) is 5.41. The van der Waals surface area contributed by atoms with Gasteiger partial charge in [0.25, 0.3) is 5.56 Å². The number of rotatable bonds is 10. The zero-order chi connectivity index (χ0) is 28.2. The highest BCUT2D eigenvalue weighted by Gasteiger charge is 2.19. The maximum atomic E-state index is 15.1. The lowest BCUT2D eigenvalue weighted by atomic mass is 10.0. The van der Waals surface area contributed by atoms with E-state index in [2.05, 4.69) is 25.6 Å². The standard InChI is InChI=1S/C27H22F2N6O5/c28-16-2-4-18(5-3-16)35-27(39)19(7-10-31-35)21(38)12-15-1-6-22(20(29)11-15)40-23-8-9-30-25-24(23)26(34-33-25)32-17(13-36)14-37/h1-11,17,36-37H,12-14H2,(H2,30,32,33,34). The number of H-pyrrole nitrogens is 1. The minimum Gasteiger partial charge on any atom is -0.453 e. The normalized spacial score (nSPS) is 11.2. The van der Waals surface area contributed by atoms with Crippen molar-refractivity contribution in [2.75, 3.05) is 18.5 Å². The lowest BCUT2D eigenvalue weighted by Gasteiger charge is -2.14. The summed E-state index contributed by atoms with van der Waals surface area (Å²) in [6.45, 7) is -0.703. The number of carbonyl (C=O) groups is 1. The number of halogens is 2. The molecule has 13 heteroatoms. The second-order valence-corrected chi connectivity index (χ2v) is 8.72. The number of aliphatic hydroxyl groups excluding tert-OH is 2. The van der Waals surface area contributed by atoms with Crippen molar-refractivity contribution in [3.8, 4) is 17.2 Å². The fraction of sp³-hybridized carbons (Fsp3) is 0.148. The molecular weight excluding hydrogens is 526 g/mol. The summed E-state index contributed by atoms with van der Waals surface area (Å²) in [6, 6.07) is 11.1. The molecule has 4 N–H and O–H groups in total. The van der Waals surface area contributed by atoms with Crippen LogP contribution in [0.25, 0.3) is 16.7 Å². The number of hydrogen-bond donors (Lipinski definition) is 4. The van der Waals surface area contributed by atoms with Crippen LogP contribution < -0.4 is 15.6 Å². The van der Waals surface area contributed by atoms with Crippen molar-refractivity contribution < 1.29 is 28.5 Å². The Hall–Kier alpha value is -5.01. The van der Waals surface area contributed by atoms with E-state index in [1.165, 1.54) is 60.9 Å². The van der Waals surface area contributed by atoms with Gasteiger partial charge in [-0.2, -0.15) is 14.9 Å². The molecule has 0 fully saturated rings. The highest BCUT2D eigenvalue weighted by atomic mass is 19.1. The van der Waals surface area contributed by atoms with Crippen LogP contribution in [-0.2, 0) is 6.42 Å². The van der Waals surface area contributed by atoms with Crippen LogP contribution in [0.4, 0.5) is 14.6 Å². The molecule has 0 bridgehead atoms. The topological polar surface area (TPSA) is 155 Å². The molecule has 3 heterocycles. The molecule has 0 unspecified atom stereocenters. The summed E-state index contributed by atoms with van der Waals surface area (Å²) in [4.78, 5) is 30.0. The van der Waals surface area contributed by atoms with E-state index in [0.717, 1.165) is 10.7 Å². The van der Waals surface area contributed by atoms with Gasteiger partial charge in [-0.25, -0.2) is 13.8 Å². The summed E-state index contributed by atoms with van der Waals surface area (Å²) in [6.07, 6.45) is 2.46. The van der Waals surface area contributed by atoms with Gasteiger partial charge < -0.3 is 20.3 Å². The summed E-state index contributed by atoms with van der Waals surface area (Å²) in [5, 5.41) is 32.7. The van der Waals surface area contributed by atoms with Crippen molar-refractivity contribution in [1.29, 1.82) is 0 Å². The Morgan fingerprint density at radius 2 is 1.80 bits per heavy atom. The fourth-order valence-electron chi connectivity index (χ4n) is 3.98. The van der Waals surface area contributed by atoms with Crippen molar-refractivity contribution in [2.24, 2.45) is 0 Å². The van der Waals surface area contributed by atoms with E-state index >= 15 is 4.39 Å². The number of Topliss-reactive ketones (excluding diaryl/α,β-unsaturated/α-hetero) is 1. The van der Waals surface area contributed by atoms with Crippen LogP contribution >= 0.6 is 0 Å². The molecule has 2 aromatic carbocycles. The number of aromatic nitrogens is 5. The zero-order valence-electron chi connectivity index (χ0n) is 20.7. The number of ether oxygens (including phenoxy) is 1. The Morgan fingerprint density at radius 3 is 2.52 bits per heavy atom. The predicted molar refractivity (Wildman–Crippen MR) is 140 cm³/mol. The minimum absolute atomic E-state index is 0.140. The van der Waals surface area contributed by atoms with Gasteiger partial charge in [0.1, 0.15) is 17.0 Å². The molecule has 0 radical (unpaired) electrons. The molecule has 5 aromatic rings. The molecule has 0 saturated carbocycles. The summed E-state index contributed by atoms with van der Waals surface area (Å²) >= 11 is 0. The number of nitrogens with one attached hydrogen (secondary N) is 2. The van der Waals surface area contributed by atoms with E-state index in [1.54, 1.807) is 0 Å². The van der Waals surface area contributed by atoms with Crippen LogP contribution in [0, 0.1) is 11.6 Å². The lowest BCUT2D eigenvalue weighted by molar-refractivity contribution is 0.0990. The first-order valence-electron chi connectivity index (χ1n) is 12.0. The molecule has 5 rings (SSSR count). The first-order valence-corrected chi connectivity index (χ1v) is 12.0. The van der Waals surface area contributed by atoms with Gasteiger partial charge in [-0.15, -0.1) is 0 Å². The van der Waals surface area contributed by atoms with Gasteiger partial charge >= 0.3 is 0 Å². The highest BCUT2D eigenvalue weighted by molar-refractivity contribution is 5.97. The number of ketones is 1. The lowest BCUT2D eigenvalue weighted by Crippen LogP contribution is -2.27. The quantitative estimate of drug-likeness (QED) is 0.193. The number of aromatic amines is 1. The maximum absolute atomic E-state index is 15.1. The molecular formula is C27H22F2N6O5. The molecule has 0 atom stereocenters. The van der Waals surface area contributed by atoms with Crippen LogP contribution in [0.1, 0.15) is 15.9 Å². The highest BCUT2D eigenvalue weighted by Crippen LogP contribution is 2.34. The van der Waals surface area contributed by atoms with Gasteiger partial charge in [-0.1, -0.05) is 6.07 Å². The van der Waals surface area contributed by atoms with Crippen LogP contribution in [-0.4, -0.2) is 60.2 Å². The van der Waals surface area contributed by atoms with Crippen molar-refractivity contribution in [2.45, 2.75) is 12.5 Å². The van der Waals surface area contributed by atoms with Gasteiger partial charge in [0.05, 0.1) is 30.5 Å². The van der Waals surface area contributed by atoms with Gasteiger partial charge in [-0.3, -0.25) is 14.7 Å². The number of aliphatic hydroxyl groups is 2. The van der Waals surface area contributed by atoms with Crippen molar-refractivity contribution in [1.82, 2.24) is 25.0 Å². The maximum Gasteiger partial charge on any atom is 0.282 e. The first-order chi connectivity index (χ1) is 19.4. The summed E-state index contributed by atoms with van der Waals surface area (Å²) < 4.78 is 35.1. The van der Waals surface area contributed by atoms with E-state index < -0.39 is 29.0 Å². The number of fused-ring (bicyclic) bond motifs is 1. The summed E-state index contributed by atoms with van der Waals surface area (Å²) in [5.41, 5.74) is 0.0938. The fourth-order valence-corrected chi connectivity index (χ4v) is 3.98. The van der Waals surface area contributed by atoms with E-state index in [1.807, 2.05) is 0 Å². The number of benzene rings is 2. The average Bonchev–Trinajstić information content (AvgIpc) is 3.37. The molecule has 0 amide bonds. The number of pyridine rings is 1. The second-order valence-electron chi connectivity index (χ2n) is 8.72. The Bertz CT molecular complexity index is 1730. The molecule has 0 aliphatic rings. The number of nitrogens with zero attached hydrogens (tertiary/aromatic N) is 4. The SMILES string of the molecule is O=C(Cc1ccc(Oc2ccnc3[nH]nc(NC(CO)CO)c23)c(F)c1)c1ccnn(-c2ccc(F)cc2)c1=O. The predicted octanol–water partition coefficient (Wildman–Crippen LogP) is 2.76. The number of anilines is 1. The first kappa shape index (κ1) is 26.6. The molecule has 11 nitrogen and oxygen atoms in total. The summed E-state index contributed by atoms with van der Waals surface area (Å²) in [5.74, 6) is -1.47. The van der Waals surface area contributed by atoms with E-state index in [9.17, 15) is 24.2 Å². The van der Waals surface area contributed by atoms with Gasteiger partial charge in [-0.05, 0) is 48.0 Å². The zero-order valence-corrected chi connectivity index (χ0v) is 20.7. The van der Waals surface area contributed by atoms with E-state index in [-0.39, 0.29) is 48.2 Å². The van der Waals surface area contributed by atoms with Crippen molar-refractivity contribution in [3.63, 3.8) is 0 Å². The largest absolute Gasteiger partial charge is 0.453 e. The van der Waals surface area contributed by atoms with Crippen LogP contribution in [0.2, 0.25) is 0 Å². The van der Waals surface area contributed by atoms with Crippen LogP contribution in [0.3, 0.4) is 0 Å². The molecule has 0 aliphatic carbocycles. The van der Waals surface area contributed by atoms with Crippen LogP contribution in [0.5, 0.6) is 11.5 Å². The average molecular weight is 549 g/mol. The number of hydrogen-bond acceptors (Lipinski definition) is 9. The molecule has 0 aliphatic heterocycles. The Balaban J connectivity index is 1.36. The monoisotopic (exact) mass is 548 g/mol. The van der Waals surface area contributed by atoms with Gasteiger partial charge in [0.2, 0.25) is 0 Å². The number of carbonyl (C=O) groups excluding carboxylic acids is 1. The van der Waals surface area contributed by atoms with E-state index in [4.69, 9.17) is 4.74 Å². The molecule has 0 spiro atoms. The summed E-state index contributed by atoms with van der Waals surface area (Å²) in [7, 11) is 0. The molecule has 204 valence electrons. The second kappa shape index (κ2) is 11.4. The third-order valence-corrected chi connectivity index (χ3v) is 6.00. The minimum atomic E-state index is -0.754. The molecule has 40 heavy (non-hydrogen) atoms. The van der Waals surface area contributed by atoms with Gasteiger partial charge in [0.15, 0.2) is 28.8 Å². The Morgan fingerprint density at radius 1 is 1.02 bits per heavy atom. The smallest absolute Gasteiger partial charge is 0.282 e. The Kier molecular flexibility index (Phi) is 7.57. The molecule has 0 saturated heterocycles. The van der Waals surface area contributed by atoms with Crippen molar-refractivity contribution >= 4 is 22.6 Å². The van der Waals surface area contributed by atoms with Gasteiger partial charge in [0, 0.05) is 24.9 Å². The van der Waals surface area contributed by atoms with Crippen LogP contribution in [0.15, 0.2) is 71.8 Å². The van der Waals surface area contributed by atoms with Crippen molar-refractivity contribution in [3.05, 3.63) is 100 Å².